The molecule has 0 bridgehead atoms. The maximum atomic E-state index is 11.1. The highest BCUT2D eigenvalue weighted by Crippen LogP contribution is 2.30. The second kappa shape index (κ2) is 5.39. The Kier molecular flexibility index (Phi) is 3.41. The molecule has 0 fully saturated rings. The van der Waals surface area contributed by atoms with Crippen LogP contribution in [-0.4, -0.2) is 15.6 Å². The van der Waals surface area contributed by atoms with Crippen LogP contribution in [0.4, 0.5) is 0 Å². The number of phenols is 1. The summed E-state index contributed by atoms with van der Waals surface area (Å²) < 4.78 is 1.73. The molecule has 0 unspecified atom stereocenters. The Bertz CT molecular complexity index is 889. The number of aromatic hydroxyl groups is 1. The van der Waals surface area contributed by atoms with Gasteiger partial charge in [-0.2, -0.15) is 5.26 Å². The Labute approximate surface area is 130 Å². The maximum Gasteiger partial charge on any atom is 0.252 e. The number of amides is 1. The number of nitrogens with zero attached hydrogens (tertiary/aromatic N) is 2. The SMILES string of the molecule is N#Cc1cn(-c2ccc(C(N)=O)c(O)c2)cc1-c1cccs1. The monoisotopic (exact) mass is 309 g/mol. The molecule has 0 saturated carbocycles. The van der Waals surface area contributed by atoms with Gasteiger partial charge in [-0.25, -0.2) is 0 Å². The van der Waals surface area contributed by atoms with Crippen LogP contribution in [0.3, 0.4) is 0 Å². The summed E-state index contributed by atoms with van der Waals surface area (Å²) in [6.45, 7) is 0. The largest absolute Gasteiger partial charge is 0.507 e. The van der Waals surface area contributed by atoms with Gasteiger partial charge in [0.2, 0.25) is 0 Å². The second-order valence-electron chi connectivity index (χ2n) is 4.65. The fourth-order valence-corrected chi connectivity index (χ4v) is 2.96. The predicted octanol–water partition coefficient (Wildman–Crippen LogP) is 2.88. The third kappa shape index (κ3) is 2.34. The van der Waals surface area contributed by atoms with Crippen LogP contribution < -0.4 is 5.73 Å². The molecule has 0 aliphatic carbocycles. The number of aromatic nitrogens is 1. The zero-order chi connectivity index (χ0) is 15.7. The van der Waals surface area contributed by atoms with E-state index < -0.39 is 5.91 Å². The minimum absolute atomic E-state index is 0.0647. The van der Waals surface area contributed by atoms with Gasteiger partial charge in [-0.1, -0.05) is 6.07 Å². The van der Waals surface area contributed by atoms with E-state index >= 15 is 0 Å². The molecule has 5 nitrogen and oxygen atoms in total. The summed E-state index contributed by atoms with van der Waals surface area (Å²) in [5, 5.41) is 21.1. The first-order valence-corrected chi connectivity index (χ1v) is 7.27. The predicted molar refractivity (Wildman–Crippen MR) is 84.0 cm³/mol. The van der Waals surface area contributed by atoms with E-state index in [4.69, 9.17) is 5.73 Å². The van der Waals surface area contributed by atoms with Crippen LogP contribution in [0.2, 0.25) is 0 Å². The second-order valence-corrected chi connectivity index (χ2v) is 5.60. The molecule has 0 aliphatic rings. The minimum Gasteiger partial charge on any atom is -0.507 e. The van der Waals surface area contributed by atoms with Crippen molar-refractivity contribution in [3.63, 3.8) is 0 Å². The molecule has 3 aromatic rings. The van der Waals surface area contributed by atoms with Crippen LogP contribution in [0.25, 0.3) is 16.1 Å². The third-order valence-corrected chi connectivity index (χ3v) is 4.18. The summed E-state index contributed by atoms with van der Waals surface area (Å²) in [6.07, 6.45) is 3.51. The van der Waals surface area contributed by atoms with E-state index in [1.165, 1.54) is 12.1 Å². The van der Waals surface area contributed by atoms with Gasteiger partial charge >= 0.3 is 0 Å². The normalized spacial score (nSPS) is 10.3. The minimum atomic E-state index is -0.687. The van der Waals surface area contributed by atoms with Gasteiger partial charge in [0.05, 0.1) is 11.1 Å². The van der Waals surface area contributed by atoms with Gasteiger partial charge in [-0.3, -0.25) is 4.79 Å². The van der Waals surface area contributed by atoms with Crippen LogP contribution in [0.15, 0.2) is 48.1 Å². The summed E-state index contributed by atoms with van der Waals surface area (Å²) in [5.74, 6) is -0.872. The highest BCUT2D eigenvalue weighted by molar-refractivity contribution is 7.13. The van der Waals surface area contributed by atoms with Crippen LogP contribution in [-0.2, 0) is 0 Å². The quantitative estimate of drug-likeness (QED) is 0.779. The number of hydrogen-bond donors (Lipinski definition) is 2. The number of rotatable bonds is 3. The Morgan fingerprint density at radius 3 is 2.73 bits per heavy atom. The van der Waals surface area contributed by atoms with E-state index in [1.54, 1.807) is 28.2 Å². The lowest BCUT2D eigenvalue weighted by Crippen LogP contribution is -2.11. The van der Waals surface area contributed by atoms with E-state index in [9.17, 15) is 15.2 Å². The lowest BCUT2D eigenvalue weighted by Gasteiger charge is -2.05. The number of benzene rings is 1. The molecule has 1 aromatic carbocycles. The molecule has 0 atom stereocenters. The fourth-order valence-electron chi connectivity index (χ4n) is 2.21. The van der Waals surface area contributed by atoms with Crippen molar-refractivity contribution in [2.45, 2.75) is 0 Å². The van der Waals surface area contributed by atoms with Crippen molar-refractivity contribution < 1.29 is 9.90 Å². The van der Waals surface area contributed by atoms with Crippen molar-refractivity contribution in [3.05, 3.63) is 59.2 Å². The summed E-state index contributed by atoms with van der Waals surface area (Å²) in [6, 6.07) is 10.6. The highest BCUT2D eigenvalue weighted by atomic mass is 32.1. The van der Waals surface area contributed by atoms with Gasteiger partial charge in [0, 0.05) is 34.6 Å². The third-order valence-electron chi connectivity index (χ3n) is 3.28. The fraction of sp³-hybridized carbons (Fsp3) is 0. The Balaban J connectivity index is 2.08. The number of carbonyl (C=O) groups excluding carboxylic acids is 1. The van der Waals surface area contributed by atoms with Crippen molar-refractivity contribution in [2.75, 3.05) is 0 Å². The molecule has 0 saturated heterocycles. The van der Waals surface area contributed by atoms with Crippen molar-refractivity contribution in [2.24, 2.45) is 5.73 Å². The number of nitriles is 1. The molecule has 3 rings (SSSR count). The summed E-state index contributed by atoms with van der Waals surface area (Å²) >= 11 is 1.55. The standard InChI is InChI=1S/C16H11N3O2S/c17-7-10-8-19(9-13(10)15-2-1-5-22-15)11-3-4-12(16(18)21)14(20)6-11/h1-6,8-9,20H,(H2,18,21). The van der Waals surface area contributed by atoms with Crippen LogP contribution in [0.5, 0.6) is 5.75 Å². The molecule has 0 spiro atoms. The molecule has 108 valence electrons. The van der Waals surface area contributed by atoms with E-state index in [0.29, 0.717) is 11.3 Å². The molecule has 1 amide bonds. The number of nitrogens with two attached hydrogens (primary N) is 1. The summed E-state index contributed by atoms with van der Waals surface area (Å²) in [5.41, 5.74) is 7.25. The zero-order valence-electron chi connectivity index (χ0n) is 11.4. The number of carbonyl (C=O) groups is 1. The molecule has 3 N–H and O–H groups in total. The number of hydrogen-bond acceptors (Lipinski definition) is 4. The first-order chi connectivity index (χ1) is 10.6. The molecule has 2 heterocycles. The van der Waals surface area contributed by atoms with Crippen molar-refractivity contribution in [1.82, 2.24) is 4.57 Å². The molecular weight excluding hydrogens is 298 g/mol. The Hall–Kier alpha value is -3.04. The average Bonchev–Trinajstić information content (AvgIpc) is 3.15. The van der Waals surface area contributed by atoms with Crippen LogP contribution in [0.1, 0.15) is 15.9 Å². The van der Waals surface area contributed by atoms with E-state index in [-0.39, 0.29) is 11.3 Å². The highest BCUT2D eigenvalue weighted by Gasteiger charge is 2.13. The molecule has 6 heteroatoms. The molecule has 0 aliphatic heterocycles. The Morgan fingerprint density at radius 1 is 1.32 bits per heavy atom. The van der Waals surface area contributed by atoms with E-state index in [0.717, 1.165) is 10.4 Å². The van der Waals surface area contributed by atoms with E-state index in [2.05, 4.69) is 6.07 Å². The summed E-state index contributed by atoms with van der Waals surface area (Å²) in [7, 11) is 0. The number of thiophene rings is 1. The smallest absolute Gasteiger partial charge is 0.252 e. The lowest BCUT2D eigenvalue weighted by molar-refractivity contribution is 0.0998. The topological polar surface area (TPSA) is 92.0 Å². The number of primary amides is 1. The van der Waals surface area contributed by atoms with Crippen molar-refractivity contribution in [3.8, 4) is 27.9 Å². The molecular formula is C16H11N3O2S. The van der Waals surface area contributed by atoms with Gasteiger partial charge in [-0.05, 0) is 23.6 Å². The zero-order valence-corrected chi connectivity index (χ0v) is 12.2. The van der Waals surface area contributed by atoms with Gasteiger partial charge in [0.15, 0.2) is 0 Å². The van der Waals surface area contributed by atoms with Crippen LogP contribution in [0, 0.1) is 11.3 Å². The average molecular weight is 309 g/mol. The first-order valence-electron chi connectivity index (χ1n) is 6.39. The molecule has 2 aromatic heterocycles. The Morgan fingerprint density at radius 2 is 2.14 bits per heavy atom. The van der Waals surface area contributed by atoms with Crippen LogP contribution >= 0.6 is 11.3 Å². The van der Waals surface area contributed by atoms with Crippen molar-refractivity contribution in [1.29, 1.82) is 5.26 Å². The molecule has 22 heavy (non-hydrogen) atoms. The van der Waals surface area contributed by atoms with Gasteiger partial charge < -0.3 is 15.4 Å². The molecule has 0 radical (unpaired) electrons. The van der Waals surface area contributed by atoms with Crippen molar-refractivity contribution >= 4 is 17.2 Å². The van der Waals surface area contributed by atoms with Gasteiger partial charge in [-0.15, -0.1) is 11.3 Å². The lowest BCUT2D eigenvalue weighted by atomic mass is 10.1. The first kappa shape index (κ1) is 13.9. The van der Waals surface area contributed by atoms with Gasteiger partial charge in [0.25, 0.3) is 5.91 Å². The maximum absolute atomic E-state index is 11.1. The van der Waals surface area contributed by atoms with E-state index in [1.807, 2.05) is 23.7 Å². The summed E-state index contributed by atoms with van der Waals surface area (Å²) in [4.78, 5) is 12.1. The van der Waals surface area contributed by atoms with Gasteiger partial charge in [0.1, 0.15) is 11.8 Å².